The van der Waals surface area contributed by atoms with E-state index in [0.717, 1.165) is 45.4 Å². The fourth-order valence-corrected chi connectivity index (χ4v) is 3.99. The van der Waals surface area contributed by atoms with Crippen molar-refractivity contribution in [1.29, 1.82) is 0 Å². The van der Waals surface area contributed by atoms with Gasteiger partial charge in [0.25, 0.3) is 10.0 Å². The second-order valence-corrected chi connectivity index (χ2v) is 7.45. The Morgan fingerprint density at radius 1 is 1.18 bits per heavy atom. The van der Waals surface area contributed by atoms with E-state index in [1.165, 1.54) is 0 Å². The first-order valence-corrected chi connectivity index (χ1v) is 9.61. The molecule has 1 aromatic rings. The van der Waals surface area contributed by atoms with Crippen LogP contribution in [0.25, 0.3) is 0 Å². The monoisotopic (exact) mass is 325 g/mol. The Morgan fingerprint density at radius 3 is 2.55 bits per heavy atom. The third-order valence-corrected chi connectivity index (χ3v) is 5.56. The molecule has 0 aromatic heterocycles. The van der Waals surface area contributed by atoms with Gasteiger partial charge in [-0.15, -0.1) is 4.83 Å². The molecule has 0 bridgehead atoms. The molecule has 1 aliphatic rings. The molecular formula is C16H27N3O2S. The van der Waals surface area contributed by atoms with Crippen molar-refractivity contribution in [2.45, 2.75) is 44.0 Å². The number of benzene rings is 1. The number of nitrogens with zero attached hydrogens (tertiary/aromatic N) is 2. The van der Waals surface area contributed by atoms with Crippen molar-refractivity contribution in [3.05, 3.63) is 30.3 Å². The van der Waals surface area contributed by atoms with Gasteiger partial charge in [0.1, 0.15) is 0 Å². The zero-order valence-electron chi connectivity index (χ0n) is 13.5. The van der Waals surface area contributed by atoms with Crippen LogP contribution in [0, 0.1) is 0 Å². The van der Waals surface area contributed by atoms with Gasteiger partial charge in [-0.2, -0.15) is 0 Å². The molecule has 1 aliphatic heterocycles. The smallest absolute Gasteiger partial charge is 0.253 e. The molecule has 2 rings (SSSR count). The summed E-state index contributed by atoms with van der Waals surface area (Å²) in [5.41, 5.74) is 0. The van der Waals surface area contributed by atoms with E-state index in [1.54, 1.807) is 24.3 Å². The van der Waals surface area contributed by atoms with Crippen LogP contribution >= 0.6 is 0 Å². The molecule has 1 heterocycles. The lowest BCUT2D eigenvalue weighted by atomic mass is 10.1. The van der Waals surface area contributed by atoms with Gasteiger partial charge in [-0.05, 0) is 25.1 Å². The van der Waals surface area contributed by atoms with E-state index in [1.807, 2.05) is 11.1 Å². The maximum atomic E-state index is 12.5. The second kappa shape index (κ2) is 8.06. The molecule has 0 amide bonds. The summed E-state index contributed by atoms with van der Waals surface area (Å²) >= 11 is 0. The molecule has 0 aliphatic carbocycles. The Labute approximate surface area is 134 Å². The van der Waals surface area contributed by atoms with Gasteiger partial charge < -0.3 is 4.90 Å². The zero-order chi connectivity index (χ0) is 16.0. The Morgan fingerprint density at radius 2 is 1.91 bits per heavy atom. The highest BCUT2D eigenvalue weighted by Gasteiger charge is 2.29. The zero-order valence-corrected chi connectivity index (χ0v) is 14.3. The van der Waals surface area contributed by atoms with Crippen LogP contribution in [0.3, 0.4) is 0 Å². The van der Waals surface area contributed by atoms with Gasteiger partial charge in [-0.25, -0.2) is 13.4 Å². The van der Waals surface area contributed by atoms with Gasteiger partial charge in [0.2, 0.25) is 0 Å². The van der Waals surface area contributed by atoms with Crippen molar-refractivity contribution < 1.29 is 8.42 Å². The summed E-state index contributed by atoms with van der Waals surface area (Å²) in [4.78, 5) is 5.50. The fraction of sp³-hybridized carbons (Fsp3) is 0.625. The number of unbranched alkanes of at least 4 members (excludes halogenated alkanes) is 1. The average molecular weight is 325 g/mol. The lowest BCUT2D eigenvalue weighted by Gasteiger charge is -2.40. The van der Waals surface area contributed by atoms with Crippen molar-refractivity contribution in [2.75, 3.05) is 26.2 Å². The van der Waals surface area contributed by atoms with Crippen molar-refractivity contribution in [3.8, 4) is 0 Å². The van der Waals surface area contributed by atoms with Crippen LogP contribution in [0.1, 0.15) is 33.1 Å². The molecule has 5 nitrogen and oxygen atoms in total. The molecule has 1 atom stereocenters. The summed E-state index contributed by atoms with van der Waals surface area (Å²) < 4.78 is 25.0. The van der Waals surface area contributed by atoms with Gasteiger partial charge in [0.05, 0.1) is 4.90 Å². The van der Waals surface area contributed by atoms with E-state index in [2.05, 4.69) is 23.6 Å². The normalized spacial score (nSPS) is 21.1. The molecule has 0 spiro atoms. The molecule has 0 saturated carbocycles. The lowest BCUT2D eigenvalue weighted by molar-refractivity contribution is 0.0543. The quantitative estimate of drug-likeness (QED) is 0.834. The van der Waals surface area contributed by atoms with Crippen LogP contribution in [0.5, 0.6) is 0 Å². The third-order valence-electron chi connectivity index (χ3n) is 4.20. The Balaban J connectivity index is 2.08. The Hall–Kier alpha value is -0.950. The van der Waals surface area contributed by atoms with Crippen LogP contribution in [0.2, 0.25) is 0 Å². The predicted molar refractivity (Wildman–Crippen MR) is 88.9 cm³/mol. The van der Waals surface area contributed by atoms with Crippen molar-refractivity contribution in [3.63, 3.8) is 0 Å². The number of likely N-dealkylation sites (N-methyl/N-ethyl adjacent to an activating group) is 1. The van der Waals surface area contributed by atoms with Crippen LogP contribution < -0.4 is 4.83 Å². The van der Waals surface area contributed by atoms with Crippen LogP contribution in [-0.2, 0) is 10.0 Å². The minimum atomic E-state index is -3.48. The molecular weight excluding hydrogens is 298 g/mol. The topological polar surface area (TPSA) is 52.6 Å². The van der Waals surface area contributed by atoms with Crippen molar-refractivity contribution in [2.24, 2.45) is 0 Å². The van der Waals surface area contributed by atoms with E-state index in [9.17, 15) is 8.42 Å². The number of hydrazine groups is 1. The number of sulfonamides is 1. The first-order valence-electron chi connectivity index (χ1n) is 8.13. The summed E-state index contributed by atoms with van der Waals surface area (Å²) in [5, 5.41) is 1.92. The molecule has 6 heteroatoms. The number of hydrogen-bond donors (Lipinski definition) is 1. The molecule has 124 valence electrons. The number of rotatable bonds is 7. The second-order valence-electron chi connectivity index (χ2n) is 5.79. The summed E-state index contributed by atoms with van der Waals surface area (Å²) in [6, 6.07) is 8.82. The largest absolute Gasteiger partial charge is 0.301 e. The minimum absolute atomic E-state index is 0.243. The summed E-state index contributed by atoms with van der Waals surface area (Å²) in [5.74, 6) is 0. The molecule has 1 unspecified atom stereocenters. The van der Waals surface area contributed by atoms with Gasteiger partial charge >= 0.3 is 0 Å². The van der Waals surface area contributed by atoms with Crippen molar-refractivity contribution in [1.82, 2.24) is 14.7 Å². The van der Waals surface area contributed by atoms with E-state index in [-0.39, 0.29) is 6.04 Å². The standard InChI is InChI=1S/C16H27N3O2S/c1-3-5-9-15-14-18(4-2)12-13-19(15)17-22(20,21)16-10-7-6-8-11-16/h6-8,10-11,15,17H,3-5,9,12-14H2,1-2H3. The highest BCUT2D eigenvalue weighted by molar-refractivity contribution is 7.89. The number of piperazine rings is 1. The number of nitrogens with one attached hydrogen (secondary N) is 1. The van der Waals surface area contributed by atoms with E-state index < -0.39 is 10.0 Å². The van der Waals surface area contributed by atoms with Crippen LogP contribution in [0.4, 0.5) is 0 Å². The lowest BCUT2D eigenvalue weighted by Crippen LogP contribution is -2.59. The van der Waals surface area contributed by atoms with E-state index >= 15 is 0 Å². The molecule has 0 radical (unpaired) electrons. The van der Waals surface area contributed by atoms with Crippen LogP contribution in [-0.4, -0.2) is 50.5 Å². The van der Waals surface area contributed by atoms with E-state index in [4.69, 9.17) is 0 Å². The Bertz CT molecular complexity index is 548. The fourth-order valence-electron chi connectivity index (χ4n) is 2.82. The molecule has 22 heavy (non-hydrogen) atoms. The van der Waals surface area contributed by atoms with Gasteiger partial charge in [-0.1, -0.05) is 44.9 Å². The van der Waals surface area contributed by atoms with Crippen LogP contribution in [0.15, 0.2) is 35.2 Å². The third kappa shape index (κ3) is 4.52. The van der Waals surface area contributed by atoms with Gasteiger partial charge in [0, 0.05) is 25.7 Å². The summed E-state index contributed by atoms with van der Waals surface area (Å²) in [7, 11) is -3.48. The summed E-state index contributed by atoms with van der Waals surface area (Å²) in [6.07, 6.45) is 3.26. The SMILES string of the molecule is CCCCC1CN(CC)CCN1NS(=O)(=O)c1ccccc1. The predicted octanol–water partition coefficient (Wildman–Crippen LogP) is 2.08. The maximum Gasteiger partial charge on any atom is 0.253 e. The molecule has 1 fully saturated rings. The summed E-state index contributed by atoms with van der Waals surface area (Å²) in [6.45, 7) is 7.89. The van der Waals surface area contributed by atoms with E-state index in [0.29, 0.717) is 4.90 Å². The van der Waals surface area contributed by atoms with Gasteiger partial charge in [-0.3, -0.25) is 0 Å². The number of hydrogen-bond acceptors (Lipinski definition) is 4. The van der Waals surface area contributed by atoms with Gasteiger partial charge in [0.15, 0.2) is 0 Å². The highest BCUT2D eigenvalue weighted by Crippen LogP contribution is 2.16. The molecule has 1 N–H and O–H groups in total. The maximum absolute atomic E-state index is 12.5. The van der Waals surface area contributed by atoms with Crippen molar-refractivity contribution >= 4 is 10.0 Å². The molecule has 1 saturated heterocycles. The molecule has 1 aromatic carbocycles. The minimum Gasteiger partial charge on any atom is -0.301 e. The average Bonchev–Trinajstić information content (AvgIpc) is 2.54. The Kier molecular flexibility index (Phi) is 6.37. The highest BCUT2D eigenvalue weighted by atomic mass is 32.2. The first kappa shape index (κ1) is 17.4. The first-order chi connectivity index (χ1) is 10.6.